The molecule has 0 aliphatic rings. The lowest BCUT2D eigenvalue weighted by Gasteiger charge is -2.11. The number of rotatable bonds is 3. The number of nitrogens with one attached hydrogen (secondary N) is 1. The van der Waals surface area contributed by atoms with Crippen LogP contribution in [0.25, 0.3) is 0 Å². The zero-order chi connectivity index (χ0) is 14.0. The van der Waals surface area contributed by atoms with E-state index < -0.39 is 10.0 Å². The molecule has 0 saturated carbocycles. The predicted octanol–water partition coefficient (Wildman–Crippen LogP) is 2.43. The van der Waals surface area contributed by atoms with Crippen molar-refractivity contribution in [1.82, 2.24) is 4.98 Å². The number of nitrogen functional groups attached to an aromatic ring is 1. The highest BCUT2D eigenvalue weighted by molar-refractivity contribution is 7.92. The Morgan fingerprint density at radius 1 is 1.32 bits per heavy atom. The van der Waals surface area contributed by atoms with Gasteiger partial charge in [0.2, 0.25) is 0 Å². The van der Waals surface area contributed by atoms with Crippen molar-refractivity contribution in [3.63, 3.8) is 0 Å². The molecule has 0 spiro atoms. The SMILES string of the molecule is Cc1ccc(Cl)c(NS(=O)(=O)c2cnccc2N)c1. The van der Waals surface area contributed by atoms with E-state index in [0.29, 0.717) is 10.7 Å². The van der Waals surface area contributed by atoms with Crippen LogP contribution < -0.4 is 10.5 Å². The number of sulfonamides is 1. The summed E-state index contributed by atoms with van der Waals surface area (Å²) in [7, 11) is -3.81. The molecule has 3 N–H and O–H groups in total. The maximum Gasteiger partial charge on any atom is 0.265 e. The third-order valence-corrected chi connectivity index (χ3v) is 4.21. The van der Waals surface area contributed by atoms with Gasteiger partial charge in [-0.3, -0.25) is 9.71 Å². The van der Waals surface area contributed by atoms with Crippen LogP contribution in [0.1, 0.15) is 5.56 Å². The van der Waals surface area contributed by atoms with E-state index in [1.54, 1.807) is 18.2 Å². The summed E-state index contributed by atoms with van der Waals surface area (Å²) in [5, 5.41) is 0.316. The van der Waals surface area contributed by atoms with Crippen LogP contribution in [0.15, 0.2) is 41.6 Å². The molecule has 0 aliphatic heterocycles. The monoisotopic (exact) mass is 297 g/mol. The van der Waals surface area contributed by atoms with Crippen LogP contribution in [0.4, 0.5) is 11.4 Å². The smallest absolute Gasteiger partial charge is 0.265 e. The van der Waals surface area contributed by atoms with Gasteiger partial charge in [0.05, 0.1) is 16.4 Å². The fourth-order valence-corrected chi connectivity index (χ4v) is 2.90. The molecule has 1 aromatic heterocycles. The molecule has 0 amide bonds. The molecule has 0 saturated heterocycles. The number of hydrogen-bond acceptors (Lipinski definition) is 4. The molecule has 0 fully saturated rings. The molecule has 0 atom stereocenters. The van der Waals surface area contributed by atoms with Gasteiger partial charge in [-0.2, -0.15) is 0 Å². The van der Waals surface area contributed by atoms with Gasteiger partial charge in [-0.25, -0.2) is 8.42 Å². The number of aryl methyl sites for hydroxylation is 1. The Hall–Kier alpha value is -1.79. The summed E-state index contributed by atoms with van der Waals surface area (Å²) in [6.07, 6.45) is 2.62. The van der Waals surface area contributed by atoms with Gasteiger partial charge in [0.25, 0.3) is 10.0 Å². The van der Waals surface area contributed by atoms with E-state index >= 15 is 0 Å². The molecular formula is C12H12ClN3O2S. The molecule has 2 rings (SSSR count). The average molecular weight is 298 g/mol. The predicted molar refractivity (Wildman–Crippen MR) is 75.6 cm³/mol. The Kier molecular flexibility index (Phi) is 3.64. The second-order valence-electron chi connectivity index (χ2n) is 4.00. The number of nitrogens with zero attached hydrogens (tertiary/aromatic N) is 1. The van der Waals surface area contributed by atoms with Gasteiger partial charge >= 0.3 is 0 Å². The van der Waals surface area contributed by atoms with Gasteiger partial charge in [-0.15, -0.1) is 0 Å². The number of pyridine rings is 1. The van der Waals surface area contributed by atoms with Crippen molar-refractivity contribution < 1.29 is 8.42 Å². The Balaban J connectivity index is 2.43. The first kappa shape index (κ1) is 13.6. The highest BCUT2D eigenvalue weighted by Crippen LogP contribution is 2.26. The van der Waals surface area contributed by atoms with E-state index in [1.807, 2.05) is 6.92 Å². The summed E-state index contributed by atoms with van der Waals surface area (Å²) < 4.78 is 26.8. The minimum Gasteiger partial charge on any atom is -0.398 e. The minimum absolute atomic E-state index is 0.0763. The molecular weight excluding hydrogens is 286 g/mol. The molecule has 1 heterocycles. The van der Waals surface area contributed by atoms with Crippen LogP contribution in [0, 0.1) is 6.92 Å². The van der Waals surface area contributed by atoms with Crippen molar-refractivity contribution in [2.24, 2.45) is 0 Å². The molecule has 1 aromatic carbocycles. The molecule has 2 aromatic rings. The Morgan fingerprint density at radius 3 is 2.74 bits per heavy atom. The van der Waals surface area contributed by atoms with Gasteiger partial charge in [0.1, 0.15) is 4.90 Å². The number of hydrogen-bond donors (Lipinski definition) is 2. The molecule has 5 nitrogen and oxygen atoms in total. The zero-order valence-corrected chi connectivity index (χ0v) is 11.7. The number of benzene rings is 1. The van der Waals surface area contributed by atoms with E-state index in [2.05, 4.69) is 9.71 Å². The third-order valence-electron chi connectivity index (χ3n) is 2.47. The van der Waals surface area contributed by atoms with Crippen LogP contribution in [0.2, 0.25) is 5.02 Å². The first-order chi connectivity index (χ1) is 8.90. The van der Waals surface area contributed by atoms with E-state index in [0.717, 1.165) is 5.56 Å². The Morgan fingerprint density at radius 2 is 2.05 bits per heavy atom. The largest absolute Gasteiger partial charge is 0.398 e. The van der Waals surface area contributed by atoms with Crippen LogP contribution in [0.3, 0.4) is 0 Å². The zero-order valence-electron chi connectivity index (χ0n) is 10.1. The van der Waals surface area contributed by atoms with Crippen LogP contribution >= 0.6 is 11.6 Å². The lowest BCUT2D eigenvalue weighted by molar-refractivity contribution is 0.601. The second kappa shape index (κ2) is 5.07. The minimum atomic E-state index is -3.81. The summed E-state index contributed by atoms with van der Waals surface area (Å²) >= 11 is 5.96. The van der Waals surface area contributed by atoms with Gasteiger partial charge in [0.15, 0.2) is 0 Å². The molecule has 0 bridgehead atoms. The lowest BCUT2D eigenvalue weighted by atomic mass is 10.2. The van der Waals surface area contributed by atoms with E-state index in [-0.39, 0.29) is 10.6 Å². The average Bonchev–Trinajstić information content (AvgIpc) is 2.34. The summed E-state index contributed by atoms with van der Waals surface area (Å²) in [4.78, 5) is 3.68. The molecule has 0 unspecified atom stereocenters. The molecule has 0 aliphatic carbocycles. The van der Waals surface area contributed by atoms with E-state index in [9.17, 15) is 8.42 Å². The number of halogens is 1. The fraction of sp³-hybridized carbons (Fsp3) is 0.0833. The summed E-state index contributed by atoms with van der Waals surface area (Å²) in [5.74, 6) is 0. The first-order valence-electron chi connectivity index (χ1n) is 5.38. The molecule has 0 radical (unpaired) electrons. The topological polar surface area (TPSA) is 85.1 Å². The Labute approximate surface area is 116 Å². The highest BCUT2D eigenvalue weighted by Gasteiger charge is 2.18. The van der Waals surface area contributed by atoms with Crippen LogP contribution in [0.5, 0.6) is 0 Å². The van der Waals surface area contributed by atoms with Crippen molar-refractivity contribution in [3.05, 3.63) is 47.2 Å². The maximum absolute atomic E-state index is 12.2. The quantitative estimate of drug-likeness (QED) is 0.911. The maximum atomic E-state index is 12.2. The third kappa shape index (κ3) is 2.97. The summed E-state index contributed by atoms with van der Waals surface area (Å²) in [5.41, 5.74) is 6.97. The van der Waals surface area contributed by atoms with Gasteiger partial charge < -0.3 is 5.73 Å². The van der Waals surface area contributed by atoms with Crippen molar-refractivity contribution in [2.45, 2.75) is 11.8 Å². The normalized spacial score (nSPS) is 11.3. The standard InChI is InChI=1S/C12H12ClN3O2S/c1-8-2-3-9(13)11(6-8)16-19(17,18)12-7-15-5-4-10(12)14/h2-7,16H,1H3,(H2,14,15). The van der Waals surface area contributed by atoms with Crippen molar-refractivity contribution >= 4 is 33.0 Å². The second-order valence-corrected chi connectivity index (χ2v) is 6.06. The van der Waals surface area contributed by atoms with Crippen molar-refractivity contribution in [2.75, 3.05) is 10.5 Å². The lowest BCUT2D eigenvalue weighted by Crippen LogP contribution is -2.15. The Bertz CT molecular complexity index is 717. The van der Waals surface area contributed by atoms with Gasteiger partial charge in [-0.1, -0.05) is 17.7 Å². The fourth-order valence-electron chi connectivity index (χ4n) is 1.53. The van der Waals surface area contributed by atoms with Crippen LogP contribution in [-0.2, 0) is 10.0 Å². The molecule has 100 valence electrons. The van der Waals surface area contributed by atoms with Crippen molar-refractivity contribution in [1.29, 1.82) is 0 Å². The van der Waals surface area contributed by atoms with E-state index in [1.165, 1.54) is 18.5 Å². The van der Waals surface area contributed by atoms with E-state index in [4.69, 9.17) is 17.3 Å². The first-order valence-corrected chi connectivity index (χ1v) is 7.25. The highest BCUT2D eigenvalue weighted by atomic mass is 35.5. The number of aromatic nitrogens is 1. The van der Waals surface area contributed by atoms with Crippen molar-refractivity contribution in [3.8, 4) is 0 Å². The van der Waals surface area contributed by atoms with Gasteiger partial charge in [-0.05, 0) is 30.7 Å². The van der Waals surface area contributed by atoms with Gasteiger partial charge in [0, 0.05) is 12.4 Å². The summed E-state index contributed by atoms with van der Waals surface area (Å²) in [6.45, 7) is 1.84. The molecule has 7 heteroatoms. The number of nitrogens with two attached hydrogens (primary N) is 1. The summed E-state index contributed by atoms with van der Waals surface area (Å²) in [6, 6.07) is 6.48. The number of anilines is 2. The molecule has 19 heavy (non-hydrogen) atoms. The van der Waals surface area contributed by atoms with Crippen LogP contribution in [-0.4, -0.2) is 13.4 Å².